The van der Waals surface area contributed by atoms with E-state index in [9.17, 15) is 0 Å². The van der Waals surface area contributed by atoms with Crippen molar-refractivity contribution in [3.05, 3.63) is 71.8 Å². The molecule has 2 aromatic carbocycles. The first-order chi connectivity index (χ1) is 13.5. The lowest BCUT2D eigenvalue weighted by molar-refractivity contribution is 0.941. The van der Waals surface area contributed by atoms with Gasteiger partial charge in [-0.15, -0.1) is 0 Å². The Morgan fingerprint density at radius 2 is 1.82 bits per heavy atom. The monoisotopic (exact) mass is 375 g/mol. The number of allylic oxidation sites excluding steroid dienone is 2. The third kappa shape index (κ3) is 4.24. The molecule has 1 aliphatic rings. The Bertz CT molecular complexity index is 866. The van der Waals surface area contributed by atoms with Crippen LogP contribution in [0.3, 0.4) is 0 Å². The van der Waals surface area contributed by atoms with Gasteiger partial charge in [0.1, 0.15) is 0 Å². The number of hydrogen-bond donors (Lipinski definition) is 1. The minimum Gasteiger partial charge on any atom is -0.388 e. The molecule has 3 nitrogen and oxygen atoms in total. The molecule has 1 N–H and O–H groups in total. The number of benzene rings is 2. The molecule has 1 heterocycles. The van der Waals surface area contributed by atoms with Crippen molar-refractivity contribution in [1.29, 1.82) is 0 Å². The van der Waals surface area contributed by atoms with Crippen molar-refractivity contribution >= 4 is 22.6 Å². The molecule has 3 heteroatoms. The van der Waals surface area contributed by atoms with Crippen LogP contribution in [0.2, 0.25) is 0 Å². The smallest absolute Gasteiger partial charge is 0.0904 e. The second kappa shape index (κ2) is 9.01. The maximum absolute atomic E-state index is 4.14. The highest BCUT2D eigenvalue weighted by atomic mass is 15.4. The summed E-state index contributed by atoms with van der Waals surface area (Å²) in [6.45, 7) is 13.8. The predicted molar refractivity (Wildman–Crippen MR) is 124 cm³/mol. The molecule has 28 heavy (non-hydrogen) atoms. The van der Waals surface area contributed by atoms with Crippen LogP contribution < -0.4 is 15.1 Å². The standard InChI is InChI=1S/C25H33N3/c1-6-7-10-19(2)23-17-22(21(4)26-5)13-14-25(23)28-16-15-27(18-28)24-12-9-8-11-20(24)3/h8-14,17,26H,4,6-7,15-16,18H2,1-3,5H3/b19-10+. The van der Waals surface area contributed by atoms with Gasteiger partial charge >= 0.3 is 0 Å². The van der Waals surface area contributed by atoms with Crippen LogP contribution >= 0.6 is 0 Å². The first kappa shape index (κ1) is 20.1. The van der Waals surface area contributed by atoms with Gasteiger partial charge in [0.25, 0.3) is 0 Å². The summed E-state index contributed by atoms with van der Waals surface area (Å²) in [6.07, 6.45) is 4.64. The second-order valence-electron chi connectivity index (χ2n) is 7.59. The fourth-order valence-electron chi connectivity index (χ4n) is 3.83. The van der Waals surface area contributed by atoms with Gasteiger partial charge in [0, 0.05) is 42.8 Å². The number of hydrogen-bond acceptors (Lipinski definition) is 3. The third-order valence-electron chi connectivity index (χ3n) is 5.59. The van der Waals surface area contributed by atoms with Crippen molar-refractivity contribution in [3.63, 3.8) is 0 Å². The summed E-state index contributed by atoms with van der Waals surface area (Å²) in [6, 6.07) is 15.4. The molecule has 1 fully saturated rings. The van der Waals surface area contributed by atoms with Gasteiger partial charge in [-0.05, 0) is 55.2 Å². The lowest BCUT2D eigenvalue weighted by atomic mass is 9.99. The number of para-hydroxylation sites is 1. The molecule has 148 valence electrons. The summed E-state index contributed by atoms with van der Waals surface area (Å²) >= 11 is 0. The molecule has 0 aromatic heterocycles. The molecule has 0 aliphatic carbocycles. The Hall–Kier alpha value is -2.68. The maximum Gasteiger partial charge on any atom is 0.0904 e. The second-order valence-corrected chi connectivity index (χ2v) is 7.59. The van der Waals surface area contributed by atoms with E-state index in [0.29, 0.717) is 0 Å². The lowest BCUT2D eigenvalue weighted by Gasteiger charge is -2.25. The lowest BCUT2D eigenvalue weighted by Crippen LogP contribution is -2.26. The van der Waals surface area contributed by atoms with E-state index in [1.165, 1.54) is 34.5 Å². The van der Waals surface area contributed by atoms with Crippen LogP contribution in [0, 0.1) is 6.92 Å². The van der Waals surface area contributed by atoms with E-state index in [4.69, 9.17) is 0 Å². The van der Waals surface area contributed by atoms with Crippen molar-refractivity contribution in [2.75, 3.05) is 36.6 Å². The number of nitrogens with one attached hydrogen (secondary N) is 1. The first-order valence-corrected chi connectivity index (χ1v) is 10.3. The van der Waals surface area contributed by atoms with E-state index in [2.05, 4.69) is 91.0 Å². The van der Waals surface area contributed by atoms with Crippen molar-refractivity contribution < 1.29 is 0 Å². The fraction of sp³-hybridized carbons (Fsp3) is 0.360. The van der Waals surface area contributed by atoms with E-state index in [0.717, 1.165) is 37.4 Å². The van der Waals surface area contributed by atoms with E-state index < -0.39 is 0 Å². The third-order valence-corrected chi connectivity index (χ3v) is 5.59. The highest BCUT2D eigenvalue weighted by molar-refractivity contribution is 5.80. The van der Waals surface area contributed by atoms with E-state index >= 15 is 0 Å². The molecule has 1 saturated heterocycles. The van der Waals surface area contributed by atoms with Crippen molar-refractivity contribution in [2.24, 2.45) is 0 Å². The minimum atomic E-state index is 0.922. The maximum atomic E-state index is 4.14. The Balaban J connectivity index is 1.92. The molecule has 0 bridgehead atoms. The number of anilines is 2. The van der Waals surface area contributed by atoms with Gasteiger partial charge in [-0.3, -0.25) is 0 Å². The molecule has 0 saturated carbocycles. The van der Waals surface area contributed by atoms with Gasteiger partial charge in [0.15, 0.2) is 0 Å². The summed E-state index contributed by atoms with van der Waals surface area (Å²) in [5.74, 6) is 0. The Morgan fingerprint density at radius 3 is 2.50 bits per heavy atom. The molecule has 0 atom stereocenters. The normalized spacial score (nSPS) is 14.5. The van der Waals surface area contributed by atoms with E-state index in [1.807, 2.05) is 7.05 Å². The van der Waals surface area contributed by atoms with Gasteiger partial charge in [-0.1, -0.05) is 50.3 Å². The van der Waals surface area contributed by atoms with Gasteiger partial charge in [-0.2, -0.15) is 0 Å². The molecule has 1 aliphatic heterocycles. The largest absolute Gasteiger partial charge is 0.388 e. The van der Waals surface area contributed by atoms with E-state index in [1.54, 1.807) is 0 Å². The molecule has 0 spiro atoms. The van der Waals surface area contributed by atoms with Gasteiger partial charge in [0.2, 0.25) is 0 Å². The predicted octanol–water partition coefficient (Wildman–Crippen LogP) is 5.67. The topological polar surface area (TPSA) is 18.5 Å². The highest BCUT2D eigenvalue weighted by Crippen LogP contribution is 2.33. The van der Waals surface area contributed by atoms with Crippen LogP contribution in [0.5, 0.6) is 0 Å². The van der Waals surface area contributed by atoms with Crippen molar-refractivity contribution in [2.45, 2.75) is 33.6 Å². The Kier molecular flexibility index (Phi) is 6.45. The fourth-order valence-corrected chi connectivity index (χ4v) is 3.83. The molecular formula is C25H33N3. The Morgan fingerprint density at radius 1 is 1.11 bits per heavy atom. The van der Waals surface area contributed by atoms with Crippen LogP contribution in [0.1, 0.15) is 43.4 Å². The van der Waals surface area contributed by atoms with Crippen LogP contribution in [0.15, 0.2) is 55.1 Å². The highest BCUT2D eigenvalue weighted by Gasteiger charge is 2.23. The van der Waals surface area contributed by atoms with Gasteiger partial charge in [0.05, 0.1) is 6.67 Å². The zero-order valence-corrected chi connectivity index (χ0v) is 17.8. The quantitative estimate of drug-likeness (QED) is 0.672. The molecule has 0 unspecified atom stereocenters. The molecule has 0 amide bonds. The van der Waals surface area contributed by atoms with Crippen LogP contribution in [0.4, 0.5) is 11.4 Å². The molecular weight excluding hydrogens is 342 g/mol. The first-order valence-electron chi connectivity index (χ1n) is 10.3. The van der Waals surface area contributed by atoms with E-state index in [-0.39, 0.29) is 0 Å². The molecule has 2 aromatic rings. The van der Waals surface area contributed by atoms with Crippen molar-refractivity contribution in [1.82, 2.24) is 5.32 Å². The van der Waals surface area contributed by atoms with Crippen LogP contribution in [-0.4, -0.2) is 26.8 Å². The SMILES string of the molecule is C=C(NC)c1ccc(N2CCN(c3ccccc3C)C2)c(/C(C)=C/CCC)c1. The minimum absolute atomic E-state index is 0.922. The number of unbranched alkanes of at least 4 members (excludes halogenated alkanes) is 1. The van der Waals surface area contributed by atoms with Gasteiger partial charge in [-0.25, -0.2) is 0 Å². The Labute approximate surface area is 170 Å². The zero-order valence-electron chi connectivity index (χ0n) is 17.8. The number of aryl methyl sites for hydroxylation is 1. The van der Waals surface area contributed by atoms with Gasteiger partial charge < -0.3 is 15.1 Å². The summed E-state index contributed by atoms with van der Waals surface area (Å²) in [7, 11) is 1.93. The number of rotatable bonds is 7. The average molecular weight is 376 g/mol. The number of nitrogens with zero attached hydrogens (tertiary/aromatic N) is 2. The molecule has 0 radical (unpaired) electrons. The summed E-state index contributed by atoms with van der Waals surface area (Å²) in [5.41, 5.74) is 8.76. The zero-order chi connectivity index (χ0) is 20.1. The van der Waals surface area contributed by atoms with Crippen molar-refractivity contribution in [3.8, 4) is 0 Å². The van der Waals surface area contributed by atoms with Crippen LogP contribution in [0.25, 0.3) is 11.3 Å². The summed E-state index contributed by atoms with van der Waals surface area (Å²) in [5, 5.41) is 3.18. The van der Waals surface area contributed by atoms with Crippen LogP contribution in [-0.2, 0) is 0 Å². The molecule has 3 rings (SSSR count). The summed E-state index contributed by atoms with van der Waals surface area (Å²) < 4.78 is 0. The average Bonchev–Trinajstić information content (AvgIpc) is 3.21. The summed E-state index contributed by atoms with van der Waals surface area (Å²) in [4.78, 5) is 4.97.